The van der Waals surface area contributed by atoms with Crippen LogP contribution in [0, 0.1) is 11.3 Å². The maximum atomic E-state index is 8.64. The molecule has 1 saturated heterocycles. The van der Waals surface area contributed by atoms with Crippen molar-refractivity contribution in [3.63, 3.8) is 0 Å². The molecule has 0 amide bonds. The molecule has 0 saturated carbocycles. The van der Waals surface area contributed by atoms with Gasteiger partial charge >= 0.3 is 0 Å². The van der Waals surface area contributed by atoms with Crippen LogP contribution in [0.1, 0.15) is 0 Å². The monoisotopic (exact) mass is 323 g/mol. The van der Waals surface area contributed by atoms with E-state index < -0.39 is 0 Å². The van der Waals surface area contributed by atoms with Gasteiger partial charge in [-0.3, -0.25) is 9.80 Å². The highest BCUT2D eigenvalue weighted by molar-refractivity contribution is 9.10. The van der Waals surface area contributed by atoms with E-state index in [1.807, 2.05) is 24.3 Å². The SMILES string of the molecule is N#CCN1CCN(CCOc2ccc(Br)cc2)CC1. The summed E-state index contributed by atoms with van der Waals surface area (Å²) in [7, 11) is 0. The number of hydrogen-bond donors (Lipinski definition) is 0. The zero-order chi connectivity index (χ0) is 13.5. The normalized spacial score (nSPS) is 17.1. The highest BCUT2D eigenvalue weighted by atomic mass is 79.9. The molecule has 0 bridgehead atoms. The van der Waals surface area contributed by atoms with E-state index >= 15 is 0 Å². The van der Waals surface area contributed by atoms with Crippen LogP contribution in [0.4, 0.5) is 0 Å². The van der Waals surface area contributed by atoms with Gasteiger partial charge in [-0.25, -0.2) is 0 Å². The molecule has 1 heterocycles. The van der Waals surface area contributed by atoms with E-state index in [2.05, 4.69) is 31.8 Å². The molecular formula is C14H18BrN3O. The molecule has 0 unspecified atom stereocenters. The smallest absolute Gasteiger partial charge is 0.119 e. The Morgan fingerprint density at radius 3 is 2.37 bits per heavy atom. The summed E-state index contributed by atoms with van der Waals surface area (Å²) in [5, 5.41) is 8.64. The summed E-state index contributed by atoms with van der Waals surface area (Å²) >= 11 is 3.40. The van der Waals surface area contributed by atoms with E-state index in [0.29, 0.717) is 13.2 Å². The molecule has 2 rings (SSSR count). The Hall–Kier alpha value is -1.09. The van der Waals surface area contributed by atoms with Gasteiger partial charge in [-0.15, -0.1) is 0 Å². The third-order valence-corrected chi connectivity index (χ3v) is 3.78. The quantitative estimate of drug-likeness (QED) is 0.777. The predicted octanol–water partition coefficient (Wildman–Crippen LogP) is 1.97. The summed E-state index contributed by atoms with van der Waals surface area (Å²) in [5.74, 6) is 0.909. The summed E-state index contributed by atoms with van der Waals surface area (Å²) in [6.45, 7) is 6.19. The van der Waals surface area contributed by atoms with E-state index in [9.17, 15) is 0 Å². The number of ether oxygens (including phenoxy) is 1. The van der Waals surface area contributed by atoms with Crippen LogP contribution in [-0.4, -0.2) is 55.7 Å². The molecule has 0 atom stereocenters. The Morgan fingerprint density at radius 2 is 1.74 bits per heavy atom. The molecule has 1 aliphatic heterocycles. The first-order chi connectivity index (χ1) is 9.28. The van der Waals surface area contributed by atoms with Gasteiger partial charge in [0.25, 0.3) is 0 Å². The average molecular weight is 324 g/mol. The number of rotatable bonds is 5. The van der Waals surface area contributed by atoms with Crippen molar-refractivity contribution in [2.24, 2.45) is 0 Å². The summed E-state index contributed by atoms with van der Waals surface area (Å²) in [6, 6.07) is 10.1. The lowest BCUT2D eigenvalue weighted by atomic mass is 10.3. The average Bonchev–Trinajstić information content (AvgIpc) is 2.43. The van der Waals surface area contributed by atoms with Crippen molar-refractivity contribution in [1.29, 1.82) is 5.26 Å². The molecule has 19 heavy (non-hydrogen) atoms. The van der Waals surface area contributed by atoms with Gasteiger partial charge in [-0.05, 0) is 24.3 Å². The second kappa shape index (κ2) is 7.49. The minimum atomic E-state index is 0.545. The van der Waals surface area contributed by atoms with Crippen LogP contribution in [0.25, 0.3) is 0 Å². The van der Waals surface area contributed by atoms with E-state index in [4.69, 9.17) is 10.00 Å². The summed E-state index contributed by atoms with van der Waals surface area (Å²) in [6.07, 6.45) is 0. The second-order valence-corrected chi connectivity index (χ2v) is 5.49. The van der Waals surface area contributed by atoms with Crippen LogP contribution in [0.2, 0.25) is 0 Å². The highest BCUT2D eigenvalue weighted by Gasteiger charge is 2.15. The third kappa shape index (κ3) is 4.83. The zero-order valence-corrected chi connectivity index (χ0v) is 12.5. The van der Waals surface area contributed by atoms with Crippen LogP contribution in [0.5, 0.6) is 5.75 Å². The molecule has 1 aromatic carbocycles. The Labute approximate surface area is 122 Å². The van der Waals surface area contributed by atoms with Crippen molar-refractivity contribution in [3.05, 3.63) is 28.7 Å². The minimum absolute atomic E-state index is 0.545. The van der Waals surface area contributed by atoms with Gasteiger partial charge in [0.05, 0.1) is 12.6 Å². The molecule has 0 aliphatic carbocycles. The Kier molecular flexibility index (Phi) is 5.64. The van der Waals surface area contributed by atoms with Crippen LogP contribution >= 0.6 is 15.9 Å². The first-order valence-electron chi connectivity index (χ1n) is 6.48. The lowest BCUT2D eigenvalue weighted by molar-refractivity contribution is 0.126. The van der Waals surface area contributed by atoms with Gasteiger partial charge in [0.15, 0.2) is 0 Å². The lowest BCUT2D eigenvalue weighted by Crippen LogP contribution is -2.47. The fourth-order valence-electron chi connectivity index (χ4n) is 2.09. The summed E-state index contributed by atoms with van der Waals surface area (Å²) in [5.41, 5.74) is 0. The molecule has 5 heteroatoms. The molecule has 1 aromatic rings. The molecule has 0 spiro atoms. The second-order valence-electron chi connectivity index (χ2n) is 4.58. The Morgan fingerprint density at radius 1 is 1.11 bits per heavy atom. The fourth-order valence-corrected chi connectivity index (χ4v) is 2.36. The minimum Gasteiger partial charge on any atom is -0.492 e. The number of halogens is 1. The van der Waals surface area contributed by atoms with Gasteiger partial charge in [0.2, 0.25) is 0 Å². The lowest BCUT2D eigenvalue weighted by Gasteiger charge is -2.33. The predicted molar refractivity (Wildman–Crippen MR) is 78.1 cm³/mol. The first kappa shape index (κ1) is 14.3. The van der Waals surface area contributed by atoms with Crippen molar-refractivity contribution in [2.45, 2.75) is 0 Å². The maximum Gasteiger partial charge on any atom is 0.119 e. The van der Waals surface area contributed by atoms with Gasteiger partial charge in [-0.2, -0.15) is 5.26 Å². The van der Waals surface area contributed by atoms with Crippen molar-refractivity contribution in [1.82, 2.24) is 9.80 Å². The summed E-state index contributed by atoms with van der Waals surface area (Å²) < 4.78 is 6.77. The number of benzene rings is 1. The molecule has 0 aromatic heterocycles. The Balaban J connectivity index is 1.64. The van der Waals surface area contributed by atoms with Crippen LogP contribution in [-0.2, 0) is 0 Å². The van der Waals surface area contributed by atoms with Crippen LogP contribution < -0.4 is 4.74 Å². The van der Waals surface area contributed by atoms with Crippen molar-refractivity contribution in [2.75, 3.05) is 45.9 Å². The largest absolute Gasteiger partial charge is 0.492 e. The standard InChI is InChI=1S/C14H18BrN3O/c15-13-1-3-14(4-2-13)19-12-11-18-9-7-17(6-5-16)8-10-18/h1-4H,6-12H2. The Bertz CT molecular complexity index is 421. The topological polar surface area (TPSA) is 39.5 Å². The third-order valence-electron chi connectivity index (χ3n) is 3.25. The molecule has 0 N–H and O–H groups in total. The van der Waals surface area contributed by atoms with E-state index in [1.165, 1.54) is 0 Å². The number of nitrogens with zero attached hydrogens (tertiary/aromatic N) is 3. The molecule has 1 aliphatic rings. The zero-order valence-electron chi connectivity index (χ0n) is 10.9. The van der Waals surface area contributed by atoms with Crippen molar-refractivity contribution in [3.8, 4) is 11.8 Å². The van der Waals surface area contributed by atoms with Crippen molar-refractivity contribution < 1.29 is 4.74 Å². The first-order valence-corrected chi connectivity index (χ1v) is 7.27. The van der Waals surface area contributed by atoms with Gasteiger partial charge in [0, 0.05) is 37.2 Å². The molecule has 102 valence electrons. The molecule has 4 nitrogen and oxygen atoms in total. The molecule has 0 radical (unpaired) electrons. The highest BCUT2D eigenvalue weighted by Crippen LogP contribution is 2.16. The molecular weight excluding hydrogens is 306 g/mol. The fraction of sp³-hybridized carbons (Fsp3) is 0.500. The number of hydrogen-bond acceptors (Lipinski definition) is 4. The van der Waals surface area contributed by atoms with Crippen LogP contribution in [0.3, 0.4) is 0 Å². The van der Waals surface area contributed by atoms with Gasteiger partial charge in [-0.1, -0.05) is 15.9 Å². The van der Waals surface area contributed by atoms with Gasteiger partial charge < -0.3 is 4.74 Å². The number of nitriles is 1. The maximum absolute atomic E-state index is 8.64. The van der Waals surface area contributed by atoms with Crippen molar-refractivity contribution >= 4 is 15.9 Å². The van der Waals surface area contributed by atoms with Crippen LogP contribution in [0.15, 0.2) is 28.7 Å². The van der Waals surface area contributed by atoms with Gasteiger partial charge in [0.1, 0.15) is 12.4 Å². The molecule has 1 fully saturated rings. The number of piperazine rings is 1. The summed E-state index contributed by atoms with van der Waals surface area (Å²) in [4.78, 5) is 4.57. The van der Waals surface area contributed by atoms with E-state index in [1.54, 1.807) is 0 Å². The van der Waals surface area contributed by atoms with E-state index in [0.717, 1.165) is 42.9 Å². The van der Waals surface area contributed by atoms with E-state index in [-0.39, 0.29) is 0 Å².